The molecule has 8 aliphatic heterocycles. The number of hydrogen-bond acceptors (Lipinski definition) is 12. The monoisotopic (exact) mass is 2000 g/mol. The van der Waals surface area contributed by atoms with E-state index in [0.717, 1.165) is 132 Å². The van der Waals surface area contributed by atoms with Gasteiger partial charge in [-0.1, -0.05) is 281 Å². The van der Waals surface area contributed by atoms with Crippen LogP contribution in [-0.4, -0.2) is 171 Å². The van der Waals surface area contributed by atoms with Crippen LogP contribution in [0.2, 0.25) is 0 Å². The lowest BCUT2D eigenvalue weighted by molar-refractivity contribution is -0.149. The minimum absolute atomic E-state index is 0.0000953. The summed E-state index contributed by atoms with van der Waals surface area (Å²) in [6, 6.07) is 63.0. The number of fused-ring (bicyclic) bond motifs is 4. The molecule has 8 heterocycles. The lowest BCUT2D eigenvalue weighted by Crippen LogP contribution is -2.52. The molecule has 4 fully saturated rings. The van der Waals surface area contributed by atoms with Crippen molar-refractivity contribution in [3.8, 4) is 0 Å². The molecule has 8 aliphatic rings. The topological polar surface area (TPSA) is 231 Å². The lowest BCUT2D eigenvalue weighted by Gasteiger charge is -2.37. The van der Waals surface area contributed by atoms with Gasteiger partial charge < -0.3 is 39.2 Å². The maximum Gasteiger partial charge on any atom is 0.249 e. The van der Waals surface area contributed by atoms with Crippen LogP contribution in [0.5, 0.6) is 0 Å². The Hall–Kier alpha value is -12.8. The molecule has 4 saturated heterocycles. The number of carbonyl (C=O) groups is 12. The van der Waals surface area contributed by atoms with Crippen LogP contribution in [-0.2, 0) is 89.8 Å². The molecule has 0 bridgehead atoms. The van der Waals surface area contributed by atoms with Gasteiger partial charge in [-0.3, -0.25) is 57.5 Å². The highest BCUT2D eigenvalue weighted by Crippen LogP contribution is 2.43. The van der Waals surface area contributed by atoms with Crippen LogP contribution in [0, 0.1) is 73.0 Å². The summed E-state index contributed by atoms with van der Waals surface area (Å²) in [5, 5.41) is 0. The number of anilines is 3. The van der Waals surface area contributed by atoms with Crippen molar-refractivity contribution < 1.29 is 57.5 Å². The van der Waals surface area contributed by atoms with Gasteiger partial charge in [0, 0.05) is 102 Å². The average Bonchev–Trinajstić information content (AvgIpc) is 1.59. The molecule has 20 heteroatoms. The maximum absolute atomic E-state index is 14.0. The Balaban J connectivity index is 0.000000165. The first-order chi connectivity index (χ1) is 70.2. The lowest BCUT2D eigenvalue weighted by atomic mass is 9.76. The first kappa shape index (κ1) is 112. The van der Waals surface area contributed by atoms with Gasteiger partial charge in [-0.15, -0.1) is 0 Å². The normalized spacial score (nSPS) is 18.9. The van der Waals surface area contributed by atoms with Crippen molar-refractivity contribution in [3.63, 3.8) is 0 Å². The summed E-state index contributed by atoms with van der Waals surface area (Å²) >= 11 is 0. The van der Waals surface area contributed by atoms with Crippen LogP contribution in [0.4, 0.5) is 17.1 Å². The number of hydrogen-bond donors (Lipinski definition) is 0. The van der Waals surface area contributed by atoms with E-state index in [9.17, 15) is 57.5 Å². The van der Waals surface area contributed by atoms with Gasteiger partial charge in [-0.05, 0) is 288 Å². The smallest absolute Gasteiger partial charge is 0.249 e. The third kappa shape index (κ3) is 28.4. The van der Waals surface area contributed by atoms with Crippen molar-refractivity contribution in [2.24, 2.45) is 45.3 Å². The molecule has 16 rings (SSSR count). The molecule has 0 aromatic heterocycles. The standard InChI is InChI=1S/C33H42N2O3.2C32H40N2O3.C31H38N2O3/c1-23-15-17-25(18-16-23)24(2)21-27(36)22-28(33(3,4)5)31(37)35-20-10-14-30(35)32(38)34-19-9-8-12-26-11-6-7-13-29(26)34;1-22-14-16-24(17-15-22)23(2)20-26(35)21-27(32(3,4)5)30(36)34-19-9-13-29(34)31(37)33-18-8-11-25-10-6-7-12-28(25)33;1-22-12-14-24(15-13-22)23(2)19-27(35)20-28(32(3,4)5)30(36)34-17-8-11-29(34)31(37)33-18-16-25-9-6-7-10-26(25)21-33;1-21-12-14-23(15-13-21)22(2)19-25(34)20-26(31(3,4)5)29(35)32-17-8-11-28(32)30(36)33-18-16-24-9-6-7-10-27(24)33/h6-7,11,13,15-18,21,28,30H,8-10,12,14,19-20,22H2,1-5H3;6-7,10,12,14-17,20,27,29H,8-9,11,13,18-19,21H2,1-5H3;6-7,9-10,12-15,19,28-29H,8,11,16-18,20-21H2,1-5H3;6-7,9-10,12-15,19,26,28H,8,11,16-18,20H2,1-5H3/b24-21+;23-20+;23-19+;22-19+/t28-,30+;27-,29+;28-,29+;26-,28+/m1111/s1. The van der Waals surface area contributed by atoms with E-state index >= 15 is 0 Å². The van der Waals surface area contributed by atoms with Crippen LogP contribution >= 0.6 is 0 Å². The summed E-state index contributed by atoms with van der Waals surface area (Å²) in [6.45, 7) is 45.5. The van der Waals surface area contributed by atoms with Crippen LogP contribution in [0.15, 0.2) is 218 Å². The second-order valence-corrected chi connectivity index (χ2v) is 46.8. The molecule has 0 radical (unpaired) electrons. The molecule has 148 heavy (non-hydrogen) atoms. The highest BCUT2D eigenvalue weighted by Gasteiger charge is 2.49. The first-order valence-electron chi connectivity index (χ1n) is 54.1. The molecule has 0 saturated carbocycles. The van der Waals surface area contributed by atoms with Crippen molar-refractivity contribution in [3.05, 3.63) is 291 Å². The SMILES string of the molecule is C/C(=C\C(=O)C[C@H](C(=O)N1CCC[C@H]1C(=O)N1CCCCc2ccccc21)C(C)(C)C)c1ccc(C)cc1.C/C(=C\C(=O)C[C@H](C(=O)N1CCC[C@H]1C(=O)N1CCCc2ccccc21)C(C)(C)C)c1ccc(C)cc1.C/C(=C\C(=O)C[C@H](C(=O)N1CCC[C@H]1C(=O)N1CCc2ccccc21)C(C)(C)C)c1ccc(C)cc1.C/C(=C\C(=O)C[C@H](C(=O)N1CCC[C@H]1C(=O)N1CCc2ccccc2C1)C(C)(C)C)c1ccc(C)cc1. The number of rotatable bonds is 24. The first-order valence-corrected chi connectivity index (χ1v) is 54.1. The van der Waals surface area contributed by atoms with Gasteiger partial charge in [0.2, 0.25) is 47.3 Å². The molecule has 20 nitrogen and oxygen atoms in total. The van der Waals surface area contributed by atoms with E-state index in [1.165, 1.54) is 50.1 Å². The van der Waals surface area contributed by atoms with Gasteiger partial charge >= 0.3 is 0 Å². The predicted octanol–water partition coefficient (Wildman–Crippen LogP) is 23.6. The summed E-state index contributed by atoms with van der Waals surface area (Å²) in [7, 11) is 0. The number of allylic oxidation sites excluding steroid dienone is 8. The Bertz CT molecular complexity index is 6270. The van der Waals surface area contributed by atoms with E-state index in [4.69, 9.17) is 0 Å². The van der Waals surface area contributed by atoms with Crippen molar-refractivity contribution in [1.29, 1.82) is 0 Å². The molecule has 0 N–H and O–H groups in total. The summed E-state index contributed by atoms with van der Waals surface area (Å²) in [5.41, 5.74) is 19.6. The van der Waals surface area contributed by atoms with Crippen molar-refractivity contribution >= 4 is 110 Å². The van der Waals surface area contributed by atoms with Crippen molar-refractivity contribution in [2.45, 2.75) is 291 Å². The third-order valence-electron chi connectivity index (χ3n) is 31.4. The molecule has 8 amide bonds. The highest BCUT2D eigenvalue weighted by atomic mass is 16.2. The van der Waals surface area contributed by atoms with E-state index in [0.29, 0.717) is 84.6 Å². The zero-order chi connectivity index (χ0) is 107. The fraction of sp³-hybridized carbons (Fsp3) is 0.469. The van der Waals surface area contributed by atoms with Crippen LogP contribution in [0.3, 0.4) is 0 Å². The fourth-order valence-corrected chi connectivity index (χ4v) is 22.3. The van der Waals surface area contributed by atoms with E-state index in [-0.39, 0.29) is 96.1 Å². The maximum atomic E-state index is 14.0. The number of nitrogens with zero attached hydrogens (tertiary/aromatic N) is 8. The van der Waals surface area contributed by atoms with Gasteiger partial charge in [0.1, 0.15) is 24.2 Å². The molecular weight excluding hydrogens is 1840 g/mol. The number of para-hydroxylation sites is 3. The van der Waals surface area contributed by atoms with Gasteiger partial charge in [0.25, 0.3) is 0 Å². The van der Waals surface area contributed by atoms with Crippen molar-refractivity contribution in [2.75, 3.05) is 67.1 Å². The van der Waals surface area contributed by atoms with Gasteiger partial charge in [0.05, 0.1) is 23.7 Å². The molecule has 0 aliphatic carbocycles. The number of benzene rings is 8. The zero-order valence-corrected chi connectivity index (χ0v) is 91.7. The van der Waals surface area contributed by atoms with Crippen molar-refractivity contribution in [1.82, 2.24) is 24.5 Å². The van der Waals surface area contributed by atoms with Crippen LogP contribution < -0.4 is 14.7 Å². The molecular formula is C128H160N8O12. The molecule has 0 spiro atoms. The fourth-order valence-electron chi connectivity index (χ4n) is 22.3. The Kier molecular flexibility index (Phi) is 37.6. The van der Waals surface area contributed by atoms with Crippen LogP contribution in [0.25, 0.3) is 22.3 Å². The number of amides is 8. The predicted molar refractivity (Wildman–Crippen MR) is 595 cm³/mol. The minimum atomic E-state index is -0.498. The van der Waals surface area contributed by atoms with E-state index in [2.05, 4.69) is 30.3 Å². The molecule has 0 unspecified atom stereocenters. The molecule has 8 aromatic carbocycles. The average molecular weight is 2000 g/mol. The summed E-state index contributed by atoms with van der Waals surface area (Å²) in [5.74, 6) is -2.46. The van der Waals surface area contributed by atoms with Gasteiger partial charge in [0.15, 0.2) is 23.1 Å². The quantitative estimate of drug-likeness (QED) is 0.0514. The third-order valence-corrected chi connectivity index (χ3v) is 31.4. The highest BCUT2D eigenvalue weighted by molar-refractivity contribution is 6.07. The zero-order valence-electron chi connectivity index (χ0n) is 91.7. The summed E-state index contributed by atoms with van der Waals surface area (Å²) < 4.78 is 0. The second-order valence-electron chi connectivity index (χ2n) is 46.8. The summed E-state index contributed by atoms with van der Waals surface area (Å²) in [4.78, 5) is 178. The van der Waals surface area contributed by atoms with Crippen LogP contribution in [0.1, 0.15) is 279 Å². The minimum Gasteiger partial charge on any atom is -0.336 e. The number of likely N-dealkylation sites (tertiary alicyclic amines) is 4. The summed E-state index contributed by atoms with van der Waals surface area (Å²) in [6.07, 6.45) is 19.6. The number of aryl methyl sites for hydroxylation is 6. The number of carbonyl (C=O) groups excluding carboxylic acids is 12. The Morgan fingerprint density at radius 3 is 0.804 bits per heavy atom. The Labute approximate surface area is 880 Å². The van der Waals surface area contributed by atoms with E-state index in [1.54, 1.807) is 43.9 Å². The molecule has 784 valence electrons. The van der Waals surface area contributed by atoms with Gasteiger partial charge in [-0.2, -0.15) is 0 Å². The second kappa shape index (κ2) is 49.5. The molecule has 8 atom stereocenters. The van der Waals surface area contributed by atoms with Gasteiger partial charge in [-0.25, -0.2) is 0 Å². The Morgan fingerprint density at radius 1 is 0.264 bits per heavy atom. The molecule has 8 aromatic rings. The number of ketones is 4. The van der Waals surface area contributed by atoms with E-state index in [1.807, 2.05) is 322 Å². The Morgan fingerprint density at radius 2 is 0.507 bits per heavy atom. The largest absolute Gasteiger partial charge is 0.336 e. The van der Waals surface area contributed by atoms with E-state index < -0.39 is 69.5 Å².